The van der Waals surface area contributed by atoms with Crippen molar-refractivity contribution in [3.63, 3.8) is 0 Å². The summed E-state index contributed by atoms with van der Waals surface area (Å²) in [5.74, 6) is -10.7. The number of piperazine rings is 1. The molecule has 72 heavy (non-hydrogen) atoms. The SMILES string of the molecule is C[C@@H]1c2c(C(F)(F)F)nn(CC(=O)N[C@@H](Cc3cc(F)cc(F)c3)c3nc4nc(N5CCN(c6ccc(-c7nccn7CC[Si](C)(C)C)cc6)CC5)sc4cc3-c3ccc(F)c(C(N)=O)c3)c2C(F)(F)[C@@H]1C. The summed E-state index contributed by atoms with van der Waals surface area (Å²) >= 11 is 1.29. The van der Waals surface area contributed by atoms with Crippen molar-refractivity contribution in [2.45, 2.75) is 83.1 Å². The topological polar surface area (TPSA) is 140 Å². The minimum absolute atomic E-state index is 0.00584. The molecular formula is C50H50F8N10O2SSi. The number of rotatable bonds is 14. The molecule has 2 amide bonds. The molecule has 22 heteroatoms. The highest BCUT2D eigenvalue weighted by atomic mass is 32.1. The van der Waals surface area contributed by atoms with E-state index in [1.807, 2.05) is 12.4 Å². The third-order valence-corrected chi connectivity index (χ3v) is 16.3. The molecule has 7 aromatic rings. The van der Waals surface area contributed by atoms with E-state index in [1.54, 1.807) is 6.07 Å². The lowest BCUT2D eigenvalue weighted by atomic mass is 9.94. The number of fused-ring (bicyclic) bond motifs is 2. The first kappa shape index (κ1) is 50.3. The van der Waals surface area contributed by atoms with E-state index < -0.39 is 103 Å². The van der Waals surface area contributed by atoms with E-state index in [2.05, 4.69) is 73.7 Å². The van der Waals surface area contributed by atoms with Gasteiger partial charge in [-0.05, 0) is 84.1 Å². The average Bonchev–Trinajstić information content (AvgIpc) is 4.09. The second-order valence-corrected chi connectivity index (χ2v) is 26.3. The number of benzene rings is 3. The molecule has 1 aliphatic heterocycles. The van der Waals surface area contributed by atoms with Gasteiger partial charge < -0.3 is 25.4 Å². The Morgan fingerprint density at radius 1 is 0.903 bits per heavy atom. The Bertz CT molecular complexity index is 3180. The number of carbonyl (C=O) groups is 2. The lowest BCUT2D eigenvalue weighted by molar-refractivity contribution is -0.143. The number of aryl methyl sites for hydroxylation is 1. The monoisotopic (exact) mass is 1030 g/mol. The van der Waals surface area contributed by atoms with Crippen LogP contribution in [0.5, 0.6) is 0 Å². The van der Waals surface area contributed by atoms with Crippen LogP contribution in [0.15, 0.2) is 79.1 Å². The van der Waals surface area contributed by atoms with Crippen molar-refractivity contribution in [3.05, 3.63) is 130 Å². The van der Waals surface area contributed by atoms with E-state index >= 15 is 8.78 Å². The van der Waals surface area contributed by atoms with Gasteiger partial charge >= 0.3 is 6.18 Å². The highest BCUT2D eigenvalue weighted by molar-refractivity contribution is 7.22. The van der Waals surface area contributed by atoms with Crippen LogP contribution in [0.3, 0.4) is 0 Å². The van der Waals surface area contributed by atoms with Crippen molar-refractivity contribution in [2.75, 3.05) is 36.0 Å². The van der Waals surface area contributed by atoms with Gasteiger partial charge in [-0.3, -0.25) is 14.3 Å². The smallest absolute Gasteiger partial charge is 0.368 e. The standard InChI is InChI=1S/C50H50F8N10O2SSi/c1-27-28(2)49(54,55)44-41(27)43(50(56,57)58)64-68(44)26-40(69)61-38(22-29-20-32(51)24-33(52)21-29)42-35(31-8-11-37(53)36(23-31)45(59)70)25-39-46(62-42)63-48(71-39)67-16-14-65(15-17-67)34-9-6-30(7-10-34)47-60-12-13-66(47)18-19-72(3,4)5/h6-13,20-21,23-25,27-28,38H,14-19,22,26H2,1-5H3,(H2,59,70)(H,61,69)/t27-,28+,38-/m0/s1. The number of primary amides is 1. The molecular weight excluding hydrogens is 985 g/mol. The number of carbonyl (C=O) groups excluding carboxylic acids is 2. The van der Waals surface area contributed by atoms with Gasteiger partial charge in [0.15, 0.2) is 16.5 Å². The maximum Gasteiger partial charge on any atom is 0.435 e. The highest BCUT2D eigenvalue weighted by Crippen LogP contribution is 2.55. The maximum absolute atomic E-state index is 15.7. The number of nitrogens with zero attached hydrogens (tertiary/aromatic N) is 8. The Kier molecular flexibility index (Phi) is 13.3. The van der Waals surface area contributed by atoms with Crippen LogP contribution < -0.4 is 20.9 Å². The molecule has 0 unspecified atom stereocenters. The normalized spacial score (nSPS) is 17.4. The van der Waals surface area contributed by atoms with Crippen LogP contribution in [0.2, 0.25) is 25.7 Å². The number of nitrogens with one attached hydrogen (secondary N) is 1. The summed E-state index contributed by atoms with van der Waals surface area (Å²) in [6, 6.07) is 15.9. The lowest BCUT2D eigenvalue weighted by Crippen LogP contribution is -2.46. The molecule has 2 aliphatic rings. The summed E-state index contributed by atoms with van der Waals surface area (Å²) in [7, 11) is -1.26. The molecule has 1 fully saturated rings. The number of nitrogens with two attached hydrogens (primary N) is 1. The van der Waals surface area contributed by atoms with Crippen molar-refractivity contribution in [3.8, 4) is 22.5 Å². The number of thiazole rings is 1. The molecule has 0 saturated carbocycles. The molecule has 1 aliphatic carbocycles. The maximum atomic E-state index is 15.7. The molecule has 3 atom stereocenters. The fraction of sp³-hybridized carbons (Fsp3) is 0.360. The number of hydrogen-bond donors (Lipinski definition) is 2. The first-order valence-corrected chi connectivity index (χ1v) is 27.8. The number of amides is 2. The Hall–Kier alpha value is -6.68. The van der Waals surface area contributed by atoms with Crippen LogP contribution >= 0.6 is 11.3 Å². The predicted molar refractivity (Wildman–Crippen MR) is 261 cm³/mol. The van der Waals surface area contributed by atoms with Crippen LogP contribution in [-0.4, -0.2) is 75.4 Å². The summed E-state index contributed by atoms with van der Waals surface area (Å²) in [4.78, 5) is 45.2. The minimum atomic E-state index is -5.12. The number of aromatic nitrogens is 6. The molecule has 5 heterocycles. The molecule has 0 spiro atoms. The fourth-order valence-electron chi connectivity index (χ4n) is 9.48. The second-order valence-electron chi connectivity index (χ2n) is 19.6. The molecule has 3 N–H and O–H groups in total. The van der Waals surface area contributed by atoms with E-state index in [9.17, 15) is 35.9 Å². The van der Waals surface area contributed by atoms with Crippen LogP contribution in [0.4, 0.5) is 45.9 Å². The van der Waals surface area contributed by atoms with Gasteiger partial charge in [-0.1, -0.05) is 50.9 Å². The third kappa shape index (κ3) is 10.1. The molecule has 0 bridgehead atoms. The molecule has 3 aromatic carbocycles. The molecule has 9 rings (SSSR count). The number of halogens is 8. The number of hydrogen-bond acceptors (Lipinski definition) is 9. The van der Waals surface area contributed by atoms with Gasteiger partial charge in [-0.15, -0.1) is 0 Å². The first-order chi connectivity index (χ1) is 33.9. The zero-order chi connectivity index (χ0) is 51.6. The minimum Gasteiger partial charge on any atom is -0.368 e. The predicted octanol–water partition coefficient (Wildman–Crippen LogP) is 10.6. The first-order valence-electron chi connectivity index (χ1n) is 23.3. The quantitative estimate of drug-likeness (QED) is 0.0811. The summed E-state index contributed by atoms with van der Waals surface area (Å²) in [6.07, 6.45) is -1.68. The van der Waals surface area contributed by atoms with Crippen molar-refractivity contribution >= 4 is 52.4 Å². The summed E-state index contributed by atoms with van der Waals surface area (Å²) in [5, 5.41) is 6.73. The zero-order valence-corrected chi connectivity index (χ0v) is 41.6. The van der Waals surface area contributed by atoms with Gasteiger partial charge in [0.2, 0.25) is 5.91 Å². The van der Waals surface area contributed by atoms with E-state index in [0.717, 1.165) is 54.8 Å². The van der Waals surface area contributed by atoms with Gasteiger partial charge in [-0.25, -0.2) is 23.1 Å². The van der Waals surface area contributed by atoms with E-state index in [0.29, 0.717) is 46.8 Å². The Labute approximate surface area is 413 Å². The van der Waals surface area contributed by atoms with Gasteiger partial charge in [0.25, 0.3) is 11.8 Å². The van der Waals surface area contributed by atoms with Gasteiger partial charge in [0.05, 0.1) is 22.0 Å². The summed E-state index contributed by atoms with van der Waals surface area (Å²) in [5.41, 5.74) is 4.38. The molecule has 0 radical (unpaired) electrons. The fourth-order valence-corrected chi connectivity index (χ4v) is 11.4. The summed E-state index contributed by atoms with van der Waals surface area (Å²) < 4.78 is 122. The van der Waals surface area contributed by atoms with E-state index in [-0.39, 0.29) is 28.0 Å². The van der Waals surface area contributed by atoms with Crippen molar-refractivity contribution in [2.24, 2.45) is 11.7 Å². The van der Waals surface area contributed by atoms with Crippen molar-refractivity contribution in [1.82, 2.24) is 34.6 Å². The molecule has 1 saturated heterocycles. The third-order valence-electron chi connectivity index (χ3n) is 13.5. The van der Waals surface area contributed by atoms with Gasteiger partial charge in [0.1, 0.15) is 35.5 Å². The largest absolute Gasteiger partial charge is 0.435 e. The van der Waals surface area contributed by atoms with Crippen LogP contribution in [-0.2, 0) is 36.4 Å². The van der Waals surface area contributed by atoms with Crippen LogP contribution in [0.25, 0.3) is 32.9 Å². The second kappa shape index (κ2) is 19.1. The number of pyridine rings is 1. The molecule has 4 aromatic heterocycles. The summed E-state index contributed by atoms with van der Waals surface area (Å²) in [6.45, 7) is 11.6. The van der Waals surface area contributed by atoms with Crippen LogP contribution in [0.1, 0.15) is 64.4 Å². The molecule has 12 nitrogen and oxygen atoms in total. The van der Waals surface area contributed by atoms with E-state index in [4.69, 9.17) is 15.7 Å². The van der Waals surface area contributed by atoms with Gasteiger partial charge in [0, 0.05) is 87.6 Å². The Balaban J connectivity index is 1.04. The number of alkyl halides is 5. The Morgan fingerprint density at radius 3 is 2.22 bits per heavy atom. The van der Waals surface area contributed by atoms with Crippen molar-refractivity contribution in [1.29, 1.82) is 0 Å². The Morgan fingerprint density at radius 2 is 1.57 bits per heavy atom. The number of imidazole rings is 1. The lowest BCUT2D eigenvalue weighted by Gasteiger charge is -2.36. The van der Waals surface area contributed by atoms with Gasteiger partial charge in [-0.2, -0.15) is 32.0 Å². The van der Waals surface area contributed by atoms with Crippen molar-refractivity contribution < 1.29 is 44.7 Å². The highest BCUT2D eigenvalue weighted by Gasteiger charge is 2.57. The number of anilines is 2. The average molecular weight is 1040 g/mol. The van der Waals surface area contributed by atoms with Crippen LogP contribution in [0, 0.1) is 23.4 Å². The molecule has 378 valence electrons. The zero-order valence-electron chi connectivity index (χ0n) is 39.8. The van der Waals surface area contributed by atoms with E-state index in [1.165, 1.54) is 30.4 Å².